The molecule has 6 heteroatoms. The molecule has 0 aliphatic carbocycles. The summed E-state index contributed by atoms with van der Waals surface area (Å²) in [7, 11) is 0. The quantitative estimate of drug-likeness (QED) is 0.384. The number of amides is 2. The number of rotatable bonds is 3. The molecule has 1 aromatic heterocycles. The average molecular weight is 528 g/mol. The van der Waals surface area contributed by atoms with Gasteiger partial charge >= 0.3 is 0 Å². The van der Waals surface area contributed by atoms with Crippen molar-refractivity contribution in [2.24, 2.45) is 0 Å². The fraction of sp³-hybridized carbons (Fsp3) is 0.241. The van der Waals surface area contributed by atoms with E-state index in [4.69, 9.17) is 0 Å². The maximum absolute atomic E-state index is 14.1. The average Bonchev–Trinajstić information content (AvgIpc) is 3.25. The van der Waals surface area contributed by atoms with E-state index in [-0.39, 0.29) is 24.3 Å². The second-order valence-electron chi connectivity index (χ2n) is 9.79. The molecular weight excluding hydrogens is 502 g/mol. The van der Waals surface area contributed by atoms with Crippen LogP contribution in [-0.4, -0.2) is 39.7 Å². The van der Waals surface area contributed by atoms with Crippen LogP contribution >= 0.6 is 15.9 Å². The fourth-order valence-corrected chi connectivity index (χ4v) is 5.98. The molecule has 1 fully saturated rings. The highest BCUT2D eigenvalue weighted by molar-refractivity contribution is 9.10. The number of halogens is 1. The van der Waals surface area contributed by atoms with Crippen molar-refractivity contribution in [1.29, 1.82) is 0 Å². The number of H-pyrrole nitrogens is 1. The second-order valence-corrected chi connectivity index (χ2v) is 10.7. The number of carbonyl (C=O) groups excluding carboxylic acids is 2. The van der Waals surface area contributed by atoms with E-state index in [1.807, 2.05) is 68.4 Å². The third-order valence-electron chi connectivity index (χ3n) is 7.58. The van der Waals surface area contributed by atoms with E-state index in [0.29, 0.717) is 13.1 Å². The van der Waals surface area contributed by atoms with Crippen LogP contribution in [-0.2, 0) is 21.7 Å². The highest BCUT2D eigenvalue weighted by atomic mass is 79.9. The lowest BCUT2D eigenvalue weighted by atomic mass is 9.76. The Labute approximate surface area is 212 Å². The zero-order chi connectivity index (χ0) is 24.3. The van der Waals surface area contributed by atoms with Crippen LogP contribution in [0.2, 0.25) is 0 Å². The minimum absolute atomic E-state index is 0.0226. The van der Waals surface area contributed by atoms with Crippen LogP contribution < -0.4 is 0 Å². The first-order valence-electron chi connectivity index (χ1n) is 11.9. The van der Waals surface area contributed by atoms with Crippen LogP contribution in [0.25, 0.3) is 10.9 Å². The number of nitrogens with zero attached hydrogens (tertiary/aromatic N) is 2. The first kappa shape index (κ1) is 22.1. The second kappa shape index (κ2) is 8.09. The van der Waals surface area contributed by atoms with Crippen molar-refractivity contribution in [1.82, 2.24) is 14.8 Å². The van der Waals surface area contributed by atoms with Gasteiger partial charge in [-0.25, -0.2) is 0 Å². The number of hydrogen-bond acceptors (Lipinski definition) is 2. The van der Waals surface area contributed by atoms with E-state index in [9.17, 15) is 9.59 Å². The summed E-state index contributed by atoms with van der Waals surface area (Å²) < 4.78 is 1.01. The molecular formula is C29H26BrN3O2. The SMILES string of the molecule is Cc1ccc(CN2CC(=O)N3CC(c4ccc(Br)cc4)c4c([nH]c5ccccc45)[C@@]3(C)C2=O)cc1. The predicted molar refractivity (Wildman–Crippen MR) is 140 cm³/mol. The van der Waals surface area contributed by atoms with Crippen molar-refractivity contribution in [3.8, 4) is 0 Å². The maximum Gasteiger partial charge on any atom is 0.255 e. The topological polar surface area (TPSA) is 56.4 Å². The molecule has 2 aliphatic heterocycles. The van der Waals surface area contributed by atoms with Gasteiger partial charge in [0.2, 0.25) is 5.91 Å². The highest BCUT2D eigenvalue weighted by Gasteiger charge is 2.56. The molecule has 176 valence electrons. The van der Waals surface area contributed by atoms with Gasteiger partial charge in [0, 0.05) is 34.4 Å². The Morgan fingerprint density at radius 1 is 1.00 bits per heavy atom. The lowest BCUT2D eigenvalue weighted by Gasteiger charge is -2.51. The van der Waals surface area contributed by atoms with Gasteiger partial charge in [-0.05, 0) is 48.7 Å². The van der Waals surface area contributed by atoms with Gasteiger partial charge in [0.1, 0.15) is 6.54 Å². The Bertz CT molecular complexity index is 1460. The van der Waals surface area contributed by atoms with Crippen LogP contribution in [0, 0.1) is 6.92 Å². The van der Waals surface area contributed by atoms with Gasteiger partial charge in [-0.15, -0.1) is 0 Å². The number of para-hydroxylation sites is 1. The maximum atomic E-state index is 14.1. The number of aryl methyl sites for hydroxylation is 1. The molecule has 1 saturated heterocycles. The van der Waals surface area contributed by atoms with Crippen molar-refractivity contribution in [3.05, 3.63) is 105 Å². The zero-order valence-corrected chi connectivity index (χ0v) is 21.3. The van der Waals surface area contributed by atoms with Crippen LogP contribution in [0.15, 0.2) is 77.3 Å². The van der Waals surface area contributed by atoms with Crippen molar-refractivity contribution in [2.75, 3.05) is 13.1 Å². The summed E-state index contributed by atoms with van der Waals surface area (Å²) in [5.41, 5.74) is 5.16. The number of benzene rings is 3. The standard InChI is InChI=1S/C29H26BrN3O2/c1-18-7-9-19(10-8-18)15-32-17-25(34)33-16-23(20-11-13-21(30)14-12-20)26-22-5-3-4-6-24(22)31-27(26)29(33,2)28(32)35/h3-14,23,31H,15-17H2,1-2H3/t23?,29-/m0/s1. The van der Waals surface area contributed by atoms with Gasteiger partial charge in [0.15, 0.2) is 5.54 Å². The van der Waals surface area contributed by atoms with E-state index in [1.165, 1.54) is 5.56 Å². The normalized spacial score (nSPS) is 21.9. The third kappa shape index (κ3) is 3.42. The predicted octanol–water partition coefficient (Wildman–Crippen LogP) is 5.47. The van der Waals surface area contributed by atoms with E-state index in [1.54, 1.807) is 9.80 Å². The van der Waals surface area contributed by atoms with Gasteiger partial charge in [0.25, 0.3) is 5.91 Å². The molecule has 1 unspecified atom stereocenters. The van der Waals surface area contributed by atoms with Gasteiger partial charge in [-0.2, -0.15) is 0 Å². The zero-order valence-electron chi connectivity index (χ0n) is 19.7. The molecule has 35 heavy (non-hydrogen) atoms. The summed E-state index contributed by atoms with van der Waals surface area (Å²) in [4.78, 5) is 34.8. The molecule has 0 saturated carbocycles. The van der Waals surface area contributed by atoms with Crippen molar-refractivity contribution >= 4 is 38.6 Å². The Hall–Kier alpha value is -3.38. The molecule has 2 atom stereocenters. The largest absolute Gasteiger partial charge is 0.356 e. The number of piperazine rings is 1. The van der Waals surface area contributed by atoms with Crippen LogP contribution in [0.3, 0.4) is 0 Å². The minimum Gasteiger partial charge on any atom is -0.356 e. The Kier molecular flexibility index (Phi) is 5.11. The van der Waals surface area contributed by atoms with Crippen LogP contribution in [0.4, 0.5) is 0 Å². The first-order chi connectivity index (χ1) is 16.9. The number of aromatic nitrogens is 1. The molecule has 6 rings (SSSR count). The molecule has 2 aliphatic rings. The lowest BCUT2D eigenvalue weighted by molar-refractivity contribution is -0.166. The van der Waals surface area contributed by atoms with E-state index in [2.05, 4.69) is 39.1 Å². The minimum atomic E-state index is -1.08. The van der Waals surface area contributed by atoms with Crippen LogP contribution in [0.5, 0.6) is 0 Å². The molecule has 1 N–H and O–H groups in total. The number of aromatic amines is 1. The van der Waals surface area contributed by atoms with Gasteiger partial charge in [-0.1, -0.05) is 76.1 Å². The summed E-state index contributed by atoms with van der Waals surface area (Å²) >= 11 is 3.53. The Balaban J connectivity index is 1.49. The van der Waals surface area contributed by atoms with Crippen molar-refractivity contribution in [3.63, 3.8) is 0 Å². The first-order valence-corrected chi connectivity index (χ1v) is 12.7. The number of hydrogen-bond donors (Lipinski definition) is 1. The van der Waals surface area contributed by atoms with Gasteiger partial charge in [-0.3, -0.25) is 9.59 Å². The van der Waals surface area contributed by atoms with E-state index < -0.39 is 5.54 Å². The van der Waals surface area contributed by atoms with Crippen LogP contribution in [0.1, 0.15) is 40.8 Å². The molecule has 3 heterocycles. The van der Waals surface area contributed by atoms with Crippen molar-refractivity contribution in [2.45, 2.75) is 31.8 Å². The summed E-state index contributed by atoms with van der Waals surface area (Å²) in [6.45, 7) is 4.92. The van der Waals surface area contributed by atoms with Crippen molar-refractivity contribution < 1.29 is 9.59 Å². The molecule has 5 nitrogen and oxygen atoms in total. The summed E-state index contributed by atoms with van der Waals surface area (Å²) in [5, 5.41) is 1.10. The third-order valence-corrected chi connectivity index (χ3v) is 8.11. The number of carbonyl (C=O) groups is 2. The molecule has 3 aromatic carbocycles. The monoisotopic (exact) mass is 527 g/mol. The fourth-order valence-electron chi connectivity index (χ4n) is 5.71. The summed E-state index contributed by atoms with van der Waals surface area (Å²) in [5.74, 6) is -0.0897. The van der Waals surface area contributed by atoms with Gasteiger partial charge in [0.05, 0.1) is 5.69 Å². The number of nitrogens with one attached hydrogen (secondary N) is 1. The van der Waals surface area contributed by atoms with Gasteiger partial charge < -0.3 is 14.8 Å². The molecule has 0 radical (unpaired) electrons. The summed E-state index contributed by atoms with van der Waals surface area (Å²) in [6.07, 6.45) is 0. The molecule has 0 bridgehead atoms. The molecule has 4 aromatic rings. The van der Waals surface area contributed by atoms with E-state index >= 15 is 0 Å². The number of fused-ring (bicyclic) bond motifs is 5. The highest BCUT2D eigenvalue weighted by Crippen LogP contribution is 2.48. The smallest absolute Gasteiger partial charge is 0.255 e. The Morgan fingerprint density at radius 3 is 2.46 bits per heavy atom. The lowest BCUT2D eigenvalue weighted by Crippen LogP contribution is -2.67. The summed E-state index contributed by atoms with van der Waals surface area (Å²) in [6, 6.07) is 24.6. The Morgan fingerprint density at radius 2 is 1.71 bits per heavy atom. The molecule has 0 spiro atoms. The molecule has 2 amide bonds. The van der Waals surface area contributed by atoms with E-state index in [0.717, 1.165) is 37.8 Å².